The zero-order valence-electron chi connectivity index (χ0n) is 9.87. The number of nitrogens with zero attached hydrogens (tertiary/aromatic N) is 4. The van der Waals surface area contributed by atoms with Gasteiger partial charge in [-0.15, -0.1) is 0 Å². The summed E-state index contributed by atoms with van der Waals surface area (Å²) in [6.07, 6.45) is 1.61. The summed E-state index contributed by atoms with van der Waals surface area (Å²) in [5.41, 5.74) is 0.934. The molecule has 92 valence electrons. The van der Waals surface area contributed by atoms with Crippen molar-refractivity contribution < 1.29 is 4.79 Å². The van der Waals surface area contributed by atoms with Crippen LogP contribution in [0.1, 0.15) is 15.9 Å². The number of carbonyl (C=O) groups excluding carboxylic acids is 1. The zero-order valence-corrected chi connectivity index (χ0v) is 9.87. The number of nitrogens with one attached hydrogen (secondary N) is 1. The van der Waals surface area contributed by atoms with Crippen LogP contribution in [0.15, 0.2) is 36.5 Å². The number of rotatable bonds is 3. The van der Waals surface area contributed by atoms with E-state index in [4.69, 9.17) is 10.5 Å². The second kappa shape index (κ2) is 5.48. The van der Waals surface area contributed by atoms with Gasteiger partial charge in [-0.25, -0.2) is 0 Å². The topological polar surface area (TPSA) is 94.5 Å². The van der Waals surface area contributed by atoms with Gasteiger partial charge in [-0.05, 0) is 24.3 Å². The van der Waals surface area contributed by atoms with Crippen LogP contribution in [0, 0.1) is 22.7 Å². The molecule has 2 aromatic rings. The third-order valence-corrected chi connectivity index (χ3v) is 2.39. The number of hydrogen-bond donors (Lipinski definition) is 1. The molecule has 0 fully saturated rings. The molecule has 19 heavy (non-hydrogen) atoms. The van der Waals surface area contributed by atoms with Crippen LogP contribution in [-0.2, 0) is 6.54 Å². The van der Waals surface area contributed by atoms with Gasteiger partial charge in [0, 0.05) is 17.8 Å². The van der Waals surface area contributed by atoms with Crippen molar-refractivity contribution in [3.05, 3.63) is 47.7 Å². The van der Waals surface area contributed by atoms with E-state index in [0.29, 0.717) is 16.9 Å². The zero-order chi connectivity index (χ0) is 13.7. The lowest BCUT2D eigenvalue weighted by Crippen LogP contribution is -2.12. The molecule has 0 spiro atoms. The minimum absolute atomic E-state index is 0.132. The Bertz CT molecular complexity index is 672. The molecule has 1 N–H and O–H groups in total. The van der Waals surface area contributed by atoms with Gasteiger partial charge in [0.1, 0.15) is 6.54 Å². The molecule has 6 heteroatoms. The molecule has 0 bridgehead atoms. The van der Waals surface area contributed by atoms with Crippen LogP contribution in [0.4, 0.5) is 5.82 Å². The van der Waals surface area contributed by atoms with Crippen molar-refractivity contribution in [2.24, 2.45) is 0 Å². The molecule has 0 atom stereocenters. The first-order valence-electron chi connectivity index (χ1n) is 5.45. The standard InChI is InChI=1S/C13H9N5O/c14-6-8-18-7-5-12(17-18)16-13(19)11-3-1-10(9-15)2-4-11/h1-5,7H,8H2,(H,16,17,19). The monoisotopic (exact) mass is 251 g/mol. The Morgan fingerprint density at radius 3 is 2.63 bits per heavy atom. The van der Waals surface area contributed by atoms with Crippen molar-refractivity contribution in [2.75, 3.05) is 5.32 Å². The maximum Gasteiger partial charge on any atom is 0.256 e. The van der Waals surface area contributed by atoms with Gasteiger partial charge in [0.05, 0.1) is 17.7 Å². The van der Waals surface area contributed by atoms with Crippen LogP contribution in [-0.4, -0.2) is 15.7 Å². The Kier molecular flexibility index (Phi) is 3.56. The third-order valence-electron chi connectivity index (χ3n) is 2.39. The molecular weight excluding hydrogens is 242 g/mol. The average Bonchev–Trinajstić information content (AvgIpc) is 2.86. The van der Waals surface area contributed by atoms with Crippen LogP contribution in [0.25, 0.3) is 0 Å². The molecule has 0 aliphatic carbocycles. The largest absolute Gasteiger partial charge is 0.305 e. The Morgan fingerprint density at radius 1 is 1.26 bits per heavy atom. The second-order valence-electron chi connectivity index (χ2n) is 3.70. The molecule has 1 heterocycles. The molecule has 1 aromatic carbocycles. The SMILES string of the molecule is N#CCn1ccc(NC(=O)c2ccc(C#N)cc2)n1. The predicted octanol–water partition coefficient (Wildman–Crippen LogP) is 1.53. The third kappa shape index (κ3) is 2.96. The highest BCUT2D eigenvalue weighted by molar-refractivity contribution is 6.03. The van der Waals surface area contributed by atoms with Gasteiger partial charge in [-0.3, -0.25) is 9.48 Å². The van der Waals surface area contributed by atoms with E-state index in [1.54, 1.807) is 36.5 Å². The quantitative estimate of drug-likeness (QED) is 0.894. The fourth-order valence-electron chi connectivity index (χ4n) is 1.47. The molecule has 2 rings (SSSR count). The number of anilines is 1. The molecule has 0 aliphatic heterocycles. The van der Waals surface area contributed by atoms with Gasteiger partial charge in [-0.1, -0.05) is 0 Å². The smallest absolute Gasteiger partial charge is 0.256 e. The molecule has 0 saturated heterocycles. The summed E-state index contributed by atoms with van der Waals surface area (Å²) >= 11 is 0. The second-order valence-corrected chi connectivity index (χ2v) is 3.70. The highest BCUT2D eigenvalue weighted by Crippen LogP contribution is 2.08. The summed E-state index contributed by atoms with van der Waals surface area (Å²) in [5, 5.41) is 23.8. The molecule has 0 radical (unpaired) electrons. The van der Waals surface area contributed by atoms with Crippen LogP contribution in [0.3, 0.4) is 0 Å². The lowest BCUT2D eigenvalue weighted by molar-refractivity contribution is 0.102. The Morgan fingerprint density at radius 2 is 2.00 bits per heavy atom. The van der Waals surface area contributed by atoms with Gasteiger partial charge >= 0.3 is 0 Å². The van der Waals surface area contributed by atoms with Crippen LogP contribution in [0.5, 0.6) is 0 Å². The van der Waals surface area contributed by atoms with E-state index < -0.39 is 0 Å². The summed E-state index contributed by atoms with van der Waals surface area (Å²) in [5.74, 6) is 0.0660. The number of aromatic nitrogens is 2. The highest BCUT2D eigenvalue weighted by atomic mass is 16.1. The lowest BCUT2D eigenvalue weighted by Gasteiger charge is -2.01. The molecule has 0 saturated carbocycles. The summed E-state index contributed by atoms with van der Waals surface area (Å²) in [6, 6.07) is 11.8. The van der Waals surface area contributed by atoms with Gasteiger partial charge in [-0.2, -0.15) is 15.6 Å². The average molecular weight is 251 g/mol. The van der Waals surface area contributed by atoms with Crippen molar-refractivity contribution in [1.82, 2.24) is 9.78 Å². The number of benzene rings is 1. The van der Waals surface area contributed by atoms with E-state index in [2.05, 4.69) is 10.4 Å². The minimum atomic E-state index is -0.313. The van der Waals surface area contributed by atoms with Gasteiger partial charge < -0.3 is 5.32 Å². The summed E-state index contributed by atoms with van der Waals surface area (Å²) < 4.78 is 1.42. The number of hydrogen-bond acceptors (Lipinski definition) is 4. The Labute approximate surface area is 109 Å². The van der Waals surface area contributed by atoms with Gasteiger partial charge in [0.15, 0.2) is 5.82 Å². The number of carbonyl (C=O) groups is 1. The molecule has 1 amide bonds. The van der Waals surface area contributed by atoms with Gasteiger partial charge in [0.2, 0.25) is 0 Å². The molecule has 0 aliphatic rings. The summed E-state index contributed by atoms with van der Waals surface area (Å²) in [4.78, 5) is 11.9. The van der Waals surface area contributed by atoms with E-state index >= 15 is 0 Å². The predicted molar refractivity (Wildman–Crippen MR) is 67.0 cm³/mol. The minimum Gasteiger partial charge on any atom is -0.305 e. The lowest BCUT2D eigenvalue weighted by atomic mass is 10.1. The summed E-state index contributed by atoms with van der Waals surface area (Å²) in [7, 11) is 0. The van der Waals surface area contributed by atoms with Gasteiger partial charge in [0.25, 0.3) is 5.91 Å². The van der Waals surface area contributed by atoms with E-state index in [1.165, 1.54) is 4.68 Å². The maximum atomic E-state index is 11.9. The number of amides is 1. The van der Waals surface area contributed by atoms with Crippen molar-refractivity contribution in [2.45, 2.75) is 6.54 Å². The first-order valence-corrected chi connectivity index (χ1v) is 5.45. The first kappa shape index (κ1) is 12.3. The fraction of sp³-hybridized carbons (Fsp3) is 0.0769. The van der Waals surface area contributed by atoms with Crippen molar-refractivity contribution in [3.63, 3.8) is 0 Å². The van der Waals surface area contributed by atoms with Crippen LogP contribution >= 0.6 is 0 Å². The Hall–Kier alpha value is -3.12. The van der Waals surface area contributed by atoms with E-state index in [1.807, 2.05) is 12.1 Å². The van der Waals surface area contributed by atoms with E-state index in [-0.39, 0.29) is 12.5 Å². The Balaban J connectivity index is 2.07. The van der Waals surface area contributed by atoms with E-state index in [0.717, 1.165) is 0 Å². The highest BCUT2D eigenvalue weighted by Gasteiger charge is 2.07. The molecular formula is C13H9N5O. The maximum absolute atomic E-state index is 11.9. The molecule has 1 aromatic heterocycles. The van der Waals surface area contributed by atoms with Crippen molar-refractivity contribution in [3.8, 4) is 12.1 Å². The van der Waals surface area contributed by atoms with Crippen molar-refractivity contribution >= 4 is 11.7 Å². The fourth-order valence-corrected chi connectivity index (χ4v) is 1.47. The van der Waals surface area contributed by atoms with E-state index in [9.17, 15) is 4.79 Å². The normalized spacial score (nSPS) is 9.37. The van der Waals surface area contributed by atoms with Crippen LogP contribution < -0.4 is 5.32 Å². The van der Waals surface area contributed by atoms with Crippen molar-refractivity contribution in [1.29, 1.82) is 10.5 Å². The first-order chi connectivity index (χ1) is 9.22. The number of nitriles is 2. The molecule has 0 unspecified atom stereocenters. The van der Waals surface area contributed by atoms with Crippen LogP contribution in [0.2, 0.25) is 0 Å². The summed E-state index contributed by atoms with van der Waals surface area (Å²) in [6.45, 7) is 0.132. The molecule has 6 nitrogen and oxygen atoms in total.